The Morgan fingerprint density at radius 3 is 2.67 bits per heavy atom. The topological polar surface area (TPSA) is 57.5 Å². The van der Waals surface area contributed by atoms with E-state index in [4.69, 9.17) is 0 Å². The number of hydrogen-bond acceptors (Lipinski definition) is 3. The first-order valence-corrected chi connectivity index (χ1v) is 10.1. The molecule has 0 amide bonds. The van der Waals surface area contributed by atoms with E-state index < -0.39 is 12.7 Å². The molecule has 1 aromatic carbocycles. The van der Waals surface area contributed by atoms with E-state index in [2.05, 4.69) is 20.7 Å². The number of rotatable bonds is 6. The lowest BCUT2D eigenvalue weighted by Gasteiger charge is -2.19. The maximum absolute atomic E-state index is 12.6. The molecule has 1 atom stereocenters. The van der Waals surface area contributed by atoms with Crippen molar-refractivity contribution in [1.29, 1.82) is 0 Å². The lowest BCUT2D eigenvalue weighted by Crippen LogP contribution is -2.40. The van der Waals surface area contributed by atoms with E-state index in [0.717, 1.165) is 29.1 Å². The molecule has 1 fully saturated rings. The van der Waals surface area contributed by atoms with Crippen LogP contribution in [0.4, 0.5) is 13.2 Å². The minimum Gasteiger partial charge on any atom is -0.356 e. The van der Waals surface area contributed by atoms with Crippen molar-refractivity contribution in [3.63, 3.8) is 0 Å². The minimum atomic E-state index is -4.14. The summed E-state index contributed by atoms with van der Waals surface area (Å²) in [7, 11) is 1.69. The second kappa shape index (κ2) is 9.51. The van der Waals surface area contributed by atoms with Crippen LogP contribution >= 0.6 is 0 Å². The molecule has 0 saturated carbocycles. The number of benzene rings is 1. The Kier molecular flexibility index (Phi) is 7.02. The van der Waals surface area contributed by atoms with Crippen molar-refractivity contribution in [3.8, 4) is 5.69 Å². The number of nitrogens with zero attached hydrogens (tertiary/aromatic N) is 4. The first-order chi connectivity index (χ1) is 14.2. The molecule has 0 aliphatic carbocycles. The van der Waals surface area contributed by atoms with Crippen LogP contribution < -0.4 is 10.6 Å². The van der Waals surface area contributed by atoms with Crippen LogP contribution in [0.25, 0.3) is 5.69 Å². The molecule has 0 radical (unpaired) electrons. The molecule has 30 heavy (non-hydrogen) atoms. The van der Waals surface area contributed by atoms with E-state index >= 15 is 0 Å². The summed E-state index contributed by atoms with van der Waals surface area (Å²) in [6.07, 6.45) is -3.39. The fourth-order valence-electron chi connectivity index (χ4n) is 3.86. The first-order valence-electron chi connectivity index (χ1n) is 10.1. The number of aromatic nitrogens is 2. The summed E-state index contributed by atoms with van der Waals surface area (Å²) in [6, 6.07) is 10.1. The normalized spacial score (nSPS) is 18.1. The van der Waals surface area contributed by atoms with Gasteiger partial charge in [0, 0.05) is 32.4 Å². The molecule has 1 aromatic heterocycles. The summed E-state index contributed by atoms with van der Waals surface area (Å²) >= 11 is 0. The number of para-hydroxylation sites is 1. The number of guanidine groups is 1. The molecule has 1 aliphatic rings. The third kappa shape index (κ3) is 5.98. The number of aryl methyl sites for hydroxylation is 2. The van der Waals surface area contributed by atoms with Gasteiger partial charge in [-0.15, -0.1) is 0 Å². The quantitative estimate of drug-likeness (QED) is 0.555. The minimum absolute atomic E-state index is 0.174. The maximum Gasteiger partial charge on any atom is 0.401 e. The largest absolute Gasteiger partial charge is 0.401 e. The Labute approximate surface area is 175 Å². The van der Waals surface area contributed by atoms with Crippen LogP contribution in [0.1, 0.15) is 23.4 Å². The van der Waals surface area contributed by atoms with Gasteiger partial charge in [-0.25, -0.2) is 4.68 Å². The van der Waals surface area contributed by atoms with Gasteiger partial charge in [-0.2, -0.15) is 18.3 Å². The zero-order chi connectivity index (χ0) is 21.7. The molecule has 2 aromatic rings. The predicted octanol–water partition coefficient (Wildman–Crippen LogP) is 3.04. The smallest absolute Gasteiger partial charge is 0.356 e. The van der Waals surface area contributed by atoms with Crippen molar-refractivity contribution in [3.05, 3.63) is 47.3 Å². The Morgan fingerprint density at radius 1 is 1.23 bits per heavy atom. The van der Waals surface area contributed by atoms with Crippen molar-refractivity contribution >= 4 is 5.96 Å². The van der Waals surface area contributed by atoms with Crippen LogP contribution in [0.15, 0.2) is 35.3 Å². The highest BCUT2D eigenvalue weighted by molar-refractivity contribution is 5.79. The van der Waals surface area contributed by atoms with Crippen molar-refractivity contribution in [2.24, 2.45) is 10.9 Å². The molecule has 1 aliphatic heterocycles. The molecule has 9 heteroatoms. The summed E-state index contributed by atoms with van der Waals surface area (Å²) in [5.74, 6) is 0.806. The summed E-state index contributed by atoms with van der Waals surface area (Å²) in [5.41, 5.74) is 4.10. The van der Waals surface area contributed by atoms with Crippen LogP contribution in [0.2, 0.25) is 0 Å². The Balaban J connectivity index is 1.54. The number of nitrogens with one attached hydrogen (secondary N) is 2. The third-order valence-corrected chi connectivity index (χ3v) is 5.23. The zero-order valence-corrected chi connectivity index (χ0v) is 17.6. The van der Waals surface area contributed by atoms with E-state index in [-0.39, 0.29) is 5.92 Å². The Morgan fingerprint density at radius 2 is 2.00 bits per heavy atom. The SMILES string of the molecule is CN=C(NCc1ccccc1-n1nc(C)cc1C)NCC1CCN(CC(F)(F)F)C1. The van der Waals surface area contributed by atoms with E-state index in [9.17, 15) is 13.2 Å². The number of aliphatic imine (C=N–C) groups is 1. The molecule has 2 N–H and O–H groups in total. The highest BCUT2D eigenvalue weighted by Gasteiger charge is 2.34. The van der Waals surface area contributed by atoms with Gasteiger partial charge < -0.3 is 10.6 Å². The first kappa shape index (κ1) is 22.1. The van der Waals surface area contributed by atoms with Crippen LogP contribution in [0.5, 0.6) is 0 Å². The van der Waals surface area contributed by atoms with Crippen LogP contribution in [0.3, 0.4) is 0 Å². The van der Waals surface area contributed by atoms with Gasteiger partial charge in [-0.05, 0) is 50.4 Å². The molecule has 0 bridgehead atoms. The van der Waals surface area contributed by atoms with E-state index in [0.29, 0.717) is 32.1 Å². The molecule has 164 valence electrons. The van der Waals surface area contributed by atoms with E-state index in [1.165, 1.54) is 4.90 Å². The van der Waals surface area contributed by atoms with Crippen molar-refractivity contribution < 1.29 is 13.2 Å². The lowest BCUT2D eigenvalue weighted by atomic mass is 10.1. The fraction of sp³-hybridized carbons (Fsp3) is 0.524. The highest BCUT2D eigenvalue weighted by atomic mass is 19.4. The summed E-state index contributed by atoms with van der Waals surface area (Å²) in [5, 5.41) is 11.1. The van der Waals surface area contributed by atoms with Gasteiger partial charge in [-0.1, -0.05) is 18.2 Å². The van der Waals surface area contributed by atoms with Crippen molar-refractivity contribution in [1.82, 2.24) is 25.3 Å². The average Bonchev–Trinajstić information content (AvgIpc) is 3.26. The van der Waals surface area contributed by atoms with E-state index in [1.54, 1.807) is 7.05 Å². The average molecular weight is 422 g/mol. The fourth-order valence-corrected chi connectivity index (χ4v) is 3.86. The number of alkyl halides is 3. The summed E-state index contributed by atoms with van der Waals surface area (Å²) in [6.45, 7) is 5.23. The van der Waals surface area contributed by atoms with Crippen LogP contribution in [-0.4, -0.2) is 60.0 Å². The molecular formula is C21H29F3N6. The van der Waals surface area contributed by atoms with Crippen LogP contribution in [-0.2, 0) is 6.54 Å². The summed E-state index contributed by atoms with van der Waals surface area (Å²) in [4.78, 5) is 5.71. The number of hydrogen-bond donors (Lipinski definition) is 2. The van der Waals surface area contributed by atoms with Gasteiger partial charge >= 0.3 is 6.18 Å². The van der Waals surface area contributed by atoms with E-state index in [1.807, 2.05) is 48.9 Å². The third-order valence-electron chi connectivity index (χ3n) is 5.23. The van der Waals surface area contributed by atoms with Gasteiger partial charge in [-0.3, -0.25) is 9.89 Å². The molecule has 1 saturated heterocycles. The zero-order valence-electron chi connectivity index (χ0n) is 17.6. The van der Waals surface area contributed by atoms with Gasteiger partial charge in [0.05, 0.1) is 17.9 Å². The number of likely N-dealkylation sites (tertiary alicyclic amines) is 1. The second-order valence-electron chi connectivity index (χ2n) is 7.78. The monoisotopic (exact) mass is 422 g/mol. The molecule has 0 spiro atoms. The van der Waals surface area contributed by atoms with Gasteiger partial charge in [0.2, 0.25) is 0 Å². The molecule has 3 rings (SSSR count). The summed E-state index contributed by atoms with van der Waals surface area (Å²) < 4.78 is 39.6. The van der Waals surface area contributed by atoms with Gasteiger partial charge in [0.15, 0.2) is 5.96 Å². The Hall–Kier alpha value is -2.55. The van der Waals surface area contributed by atoms with Gasteiger partial charge in [0.1, 0.15) is 0 Å². The Bertz CT molecular complexity index is 874. The molecular weight excluding hydrogens is 393 g/mol. The second-order valence-corrected chi connectivity index (χ2v) is 7.78. The van der Waals surface area contributed by atoms with Crippen molar-refractivity contribution in [2.45, 2.75) is 33.0 Å². The highest BCUT2D eigenvalue weighted by Crippen LogP contribution is 2.22. The van der Waals surface area contributed by atoms with Crippen LogP contribution in [0, 0.1) is 19.8 Å². The lowest BCUT2D eigenvalue weighted by molar-refractivity contribution is -0.143. The molecule has 2 heterocycles. The maximum atomic E-state index is 12.6. The molecule has 1 unspecified atom stereocenters. The standard InChI is InChI=1S/C21H29F3N6/c1-15-10-16(2)30(28-15)19-7-5-4-6-18(19)12-27-20(25-3)26-11-17-8-9-29(13-17)14-21(22,23)24/h4-7,10,17H,8-9,11-14H2,1-3H3,(H2,25,26,27). The predicted molar refractivity (Wildman–Crippen MR) is 112 cm³/mol. The number of halogens is 3. The molecule has 6 nitrogen and oxygen atoms in total. The van der Waals surface area contributed by atoms with Gasteiger partial charge in [0.25, 0.3) is 0 Å². The van der Waals surface area contributed by atoms with Crippen molar-refractivity contribution in [2.75, 3.05) is 33.2 Å².